The van der Waals surface area contributed by atoms with Gasteiger partial charge in [0.15, 0.2) is 5.82 Å². The number of halogens is 4. The summed E-state index contributed by atoms with van der Waals surface area (Å²) in [7, 11) is 0. The lowest BCUT2D eigenvalue weighted by molar-refractivity contribution is -0.137. The Morgan fingerprint density at radius 1 is 1.33 bits per heavy atom. The number of hydrogen-bond donors (Lipinski definition) is 1. The Kier molecular flexibility index (Phi) is 3.22. The number of pyridine rings is 1. The van der Waals surface area contributed by atoms with Crippen LogP contribution in [0.5, 0.6) is 0 Å². The summed E-state index contributed by atoms with van der Waals surface area (Å²) in [5.41, 5.74) is 4.48. The van der Waals surface area contributed by atoms with Crippen LogP contribution in [0, 0.1) is 0 Å². The molecule has 0 amide bonds. The molecule has 0 unspecified atom stereocenters. The average Bonchev–Trinajstić information content (AvgIpc) is 2.75. The van der Waals surface area contributed by atoms with Gasteiger partial charge in [0, 0.05) is 6.20 Å². The average molecular weight is 278 g/mol. The molecule has 18 heavy (non-hydrogen) atoms. The highest BCUT2D eigenvalue weighted by atomic mass is 35.5. The van der Waals surface area contributed by atoms with Gasteiger partial charge in [-0.05, 0) is 6.07 Å². The van der Waals surface area contributed by atoms with Gasteiger partial charge in [-0.15, -0.1) is 0 Å². The molecule has 0 aromatic carbocycles. The van der Waals surface area contributed by atoms with Gasteiger partial charge in [0.05, 0.1) is 17.1 Å². The molecule has 2 N–H and O–H groups in total. The fourth-order valence-electron chi connectivity index (χ4n) is 1.32. The molecular weight excluding hydrogens is 271 g/mol. The molecule has 0 radical (unpaired) electrons. The van der Waals surface area contributed by atoms with Gasteiger partial charge in [-0.3, -0.25) is 0 Å². The van der Waals surface area contributed by atoms with Gasteiger partial charge < -0.3 is 5.73 Å². The molecule has 0 spiro atoms. The number of rotatable bonds is 2. The Morgan fingerprint density at radius 3 is 2.61 bits per heavy atom. The van der Waals surface area contributed by atoms with E-state index in [1.54, 1.807) is 0 Å². The third-order valence-electron chi connectivity index (χ3n) is 2.15. The molecule has 0 aliphatic heterocycles. The van der Waals surface area contributed by atoms with Crippen LogP contribution in [-0.2, 0) is 12.7 Å². The highest BCUT2D eigenvalue weighted by Gasteiger charge is 2.31. The quantitative estimate of drug-likeness (QED) is 0.909. The first-order chi connectivity index (χ1) is 8.43. The van der Waals surface area contributed by atoms with E-state index in [4.69, 9.17) is 17.3 Å². The summed E-state index contributed by atoms with van der Waals surface area (Å²) < 4.78 is 38.5. The predicted molar refractivity (Wildman–Crippen MR) is 57.1 cm³/mol. The number of nitrogens with two attached hydrogens (primary N) is 1. The molecule has 2 aromatic rings. The van der Waals surface area contributed by atoms with Crippen molar-refractivity contribution in [3.8, 4) is 5.82 Å². The zero-order chi connectivity index (χ0) is 13.3. The minimum atomic E-state index is -4.49. The highest BCUT2D eigenvalue weighted by Crippen LogP contribution is 2.31. The maximum atomic E-state index is 12.4. The van der Waals surface area contributed by atoms with E-state index < -0.39 is 11.7 Å². The Balaban J connectivity index is 2.48. The second-order valence-electron chi connectivity index (χ2n) is 3.32. The number of aromatic nitrogens is 4. The highest BCUT2D eigenvalue weighted by molar-refractivity contribution is 6.32. The fraction of sp³-hybridized carbons (Fsp3) is 0.222. The van der Waals surface area contributed by atoms with Crippen LogP contribution in [-0.4, -0.2) is 19.7 Å². The molecule has 2 rings (SSSR count). The van der Waals surface area contributed by atoms with Gasteiger partial charge in [0.2, 0.25) is 0 Å². The van der Waals surface area contributed by atoms with E-state index in [9.17, 15) is 13.2 Å². The van der Waals surface area contributed by atoms with Crippen LogP contribution in [0.1, 0.15) is 11.4 Å². The molecule has 0 atom stereocenters. The molecule has 9 heteroatoms. The predicted octanol–water partition coefficient (Wildman–Crippen LogP) is 1.79. The van der Waals surface area contributed by atoms with Crippen LogP contribution in [0.4, 0.5) is 13.2 Å². The van der Waals surface area contributed by atoms with E-state index in [0.29, 0.717) is 12.0 Å². The van der Waals surface area contributed by atoms with Crippen molar-refractivity contribution in [2.45, 2.75) is 12.7 Å². The molecule has 0 aliphatic rings. The van der Waals surface area contributed by atoms with Crippen LogP contribution >= 0.6 is 11.6 Å². The van der Waals surface area contributed by atoms with Crippen molar-refractivity contribution in [1.82, 2.24) is 19.7 Å². The Bertz CT molecular complexity index is 566. The molecule has 5 nitrogen and oxygen atoms in total. The van der Waals surface area contributed by atoms with E-state index in [1.807, 2.05) is 0 Å². The zero-order valence-electron chi connectivity index (χ0n) is 8.82. The Hall–Kier alpha value is -1.67. The molecule has 2 aromatic heterocycles. The van der Waals surface area contributed by atoms with Crippen molar-refractivity contribution in [1.29, 1.82) is 0 Å². The van der Waals surface area contributed by atoms with Crippen LogP contribution in [0.2, 0.25) is 5.02 Å². The number of alkyl halides is 3. The van der Waals surface area contributed by atoms with Crippen LogP contribution in [0.15, 0.2) is 18.6 Å². The largest absolute Gasteiger partial charge is 0.417 e. The smallest absolute Gasteiger partial charge is 0.324 e. The first-order valence-corrected chi connectivity index (χ1v) is 5.13. The van der Waals surface area contributed by atoms with E-state index in [1.165, 1.54) is 11.0 Å². The molecule has 0 fully saturated rings. The van der Waals surface area contributed by atoms with Crippen molar-refractivity contribution < 1.29 is 13.2 Å². The molecule has 0 aliphatic carbocycles. The fourth-order valence-corrected chi connectivity index (χ4v) is 1.57. The van der Waals surface area contributed by atoms with Gasteiger partial charge in [-0.2, -0.15) is 23.0 Å². The lowest BCUT2D eigenvalue weighted by Gasteiger charge is -2.09. The molecule has 0 saturated carbocycles. The van der Waals surface area contributed by atoms with Crippen LogP contribution in [0.25, 0.3) is 5.82 Å². The second kappa shape index (κ2) is 4.54. The van der Waals surface area contributed by atoms with Gasteiger partial charge in [0.25, 0.3) is 0 Å². The van der Waals surface area contributed by atoms with Crippen LogP contribution < -0.4 is 5.73 Å². The summed E-state index contributed by atoms with van der Waals surface area (Å²) in [6.07, 6.45) is -2.59. The normalized spacial score (nSPS) is 11.8. The standard InChI is InChI=1S/C9H7ClF3N5/c10-6-1-5(9(11,12)13)3-15-8(6)18-7(2-14)16-4-17-18/h1,3-4H,2,14H2. The van der Waals surface area contributed by atoms with E-state index >= 15 is 0 Å². The number of hydrogen-bond acceptors (Lipinski definition) is 4. The summed E-state index contributed by atoms with van der Waals surface area (Å²) in [5, 5.41) is 3.63. The molecule has 2 heterocycles. The van der Waals surface area contributed by atoms with E-state index in [2.05, 4.69) is 15.1 Å². The summed E-state index contributed by atoms with van der Waals surface area (Å²) in [6.45, 7) is 0.0685. The van der Waals surface area contributed by atoms with Crippen LogP contribution in [0.3, 0.4) is 0 Å². The van der Waals surface area contributed by atoms with Crippen molar-refractivity contribution in [2.24, 2.45) is 5.73 Å². The third kappa shape index (κ3) is 2.29. The van der Waals surface area contributed by atoms with Crippen molar-refractivity contribution >= 4 is 11.6 Å². The summed E-state index contributed by atoms with van der Waals surface area (Å²) in [4.78, 5) is 7.48. The lowest BCUT2D eigenvalue weighted by atomic mass is 10.3. The Labute approximate surface area is 104 Å². The van der Waals surface area contributed by atoms with E-state index in [-0.39, 0.29) is 17.4 Å². The van der Waals surface area contributed by atoms with Crippen molar-refractivity contribution in [3.63, 3.8) is 0 Å². The maximum Gasteiger partial charge on any atom is 0.417 e. The molecule has 0 bridgehead atoms. The minimum Gasteiger partial charge on any atom is -0.324 e. The first kappa shape index (κ1) is 12.8. The third-order valence-corrected chi connectivity index (χ3v) is 2.43. The zero-order valence-corrected chi connectivity index (χ0v) is 9.57. The lowest BCUT2D eigenvalue weighted by Crippen LogP contribution is -2.12. The second-order valence-corrected chi connectivity index (χ2v) is 3.73. The number of nitrogens with zero attached hydrogens (tertiary/aromatic N) is 4. The summed E-state index contributed by atoms with van der Waals surface area (Å²) in [5.74, 6) is 0.409. The molecule has 0 saturated heterocycles. The van der Waals surface area contributed by atoms with E-state index in [0.717, 1.165) is 6.07 Å². The van der Waals surface area contributed by atoms with Gasteiger partial charge in [0.1, 0.15) is 12.2 Å². The molecule has 96 valence electrons. The van der Waals surface area contributed by atoms with Crippen molar-refractivity contribution in [2.75, 3.05) is 0 Å². The van der Waals surface area contributed by atoms with Crippen molar-refractivity contribution in [3.05, 3.63) is 35.0 Å². The van der Waals surface area contributed by atoms with Gasteiger partial charge >= 0.3 is 6.18 Å². The topological polar surface area (TPSA) is 69.6 Å². The monoisotopic (exact) mass is 277 g/mol. The summed E-state index contributed by atoms with van der Waals surface area (Å²) in [6, 6.07) is 0.784. The maximum absolute atomic E-state index is 12.4. The van der Waals surface area contributed by atoms with Gasteiger partial charge in [-0.1, -0.05) is 11.6 Å². The molecular formula is C9H7ClF3N5. The Morgan fingerprint density at radius 2 is 2.06 bits per heavy atom. The minimum absolute atomic E-state index is 0.0580. The SMILES string of the molecule is NCc1ncnn1-c1ncc(C(F)(F)F)cc1Cl. The van der Waals surface area contributed by atoms with Gasteiger partial charge in [-0.25, -0.2) is 9.97 Å². The first-order valence-electron chi connectivity index (χ1n) is 4.75. The summed E-state index contributed by atoms with van der Waals surface area (Å²) >= 11 is 5.76.